The smallest absolute Gasteiger partial charge is 0.151 e. The molecule has 0 aliphatic carbocycles. The Morgan fingerprint density at radius 2 is 1.69 bits per heavy atom. The van der Waals surface area contributed by atoms with Crippen LogP contribution in [0.1, 0.15) is 6.42 Å². The predicted octanol–water partition coefficient (Wildman–Crippen LogP) is -2.99. The summed E-state index contributed by atoms with van der Waals surface area (Å²) in [6, 6.07) is 0. The van der Waals surface area contributed by atoms with E-state index in [4.69, 9.17) is 25.5 Å². The molecule has 13 heavy (non-hydrogen) atoms. The van der Waals surface area contributed by atoms with Gasteiger partial charge in [-0.25, -0.2) is 0 Å². The number of hydrogen-bond donors (Lipinski definition) is 5. The third-order valence-corrected chi connectivity index (χ3v) is 1.61. The van der Waals surface area contributed by atoms with Gasteiger partial charge in [-0.2, -0.15) is 0 Å². The van der Waals surface area contributed by atoms with Gasteiger partial charge in [-0.1, -0.05) is 0 Å². The lowest BCUT2D eigenvalue weighted by Crippen LogP contribution is -2.40. The largest absolute Gasteiger partial charge is 0.394 e. The molecule has 6 nitrogen and oxygen atoms in total. The zero-order chi connectivity index (χ0) is 10.4. The maximum atomic E-state index is 9.97. The van der Waals surface area contributed by atoms with Gasteiger partial charge in [0.25, 0.3) is 0 Å². The second kappa shape index (κ2) is 6.01. The van der Waals surface area contributed by atoms with Crippen LogP contribution < -0.4 is 0 Å². The number of aliphatic hydroxyl groups excluding tert-OH is 5. The summed E-state index contributed by atoms with van der Waals surface area (Å²) in [5.74, 6) is 0. The quantitative estimate of drug-likeness (QED) is 0.288. The van der Waals surface area contributed by atoms with Gasteiger partial charge in [-0.15, -0.1) is 0 Å². The minimum absolute atomic E-state index is 0.0826. The van der Waals surface area contributed by atoms with Crippen LogP contribution in [0.3, 0.4) is 0 Å². The third kappa shape index (κ3) is 4.30. The van der Waals surface area contributed by atoms with Crippen LogP contribution in [0.15, 0.2) is 0 Å². The molecule has 6 heteroatoms. The van der Waals surface area contributed by atoms with Crippen molar-refractivity contribution in [3.05, 3.63) is 0 Å². The lowest BCUT2D eigenvalue weighted by atomic mass is 10.0. The van der Waals surface area contributed by atoms with Gasteiger partial charge in [0.2, 0.25) is 0 Å². The maximum absolute atomic E-state index is 9.97. The molecular weight excluding hydrogens is 180 g/mol. The van der Waals surface area contributed by atoms with Gasteiger partial charge < -0.3 is 30.3 Å². The average molecular weight is 194 g/mol. The van der Waals surface area contributed by atoms with Crippen LogP contribution in [0.4, 0.5) is 0 Å². The summed E-state index contributed by atoms with van der Waals surface area (Å²) in [5, 5.41) is 44.1. The standard InChI is InChI=1S/C7H14O6/c8-2-4(10)1-5(11)7(13)6(12)3-9/h3-8,10-13H,1-2H2. The summed E-state index contributed by atoms with van der Waals surface area (Å²) < 4.78 is 0. The SMILES string of the molecule is O=CC(O)C(O)C(O)CC(O)CO. The predicted molar refractivity (Wildman–Crippen MR) is 41.8 cm³/mol. The van der Waals surface area contributed by atoms with Crippen molar-refractivity contribution in [2.75, 3.05) is 6.61 Å². The zero-order valence-electron chi connectivity index (χ0n) is 6.95. The lowest BCUT2D eigenvalue weighted by molar-refractivity contribution is -0.127. The van der Waals surface area contributed by atoms with Crippen LogP contribution in [-0.2, 0) is 4.79 Å². The highest BCUT2D eigenvalue weighted by atomic mass is 16.4. The Balaban J connectivity index is 3.94. The average Bonchev–Trinajstić information content (AvgIpc) is 2.14. The van der Waals surface area contributed by atoms with Gasteiger partial charge in [0.15, 0.2) is 6.29 Å². The first-order valence-electron chi connectivity index (χ1n) is 3.81. The van der Waals surface area contributed by atoms with E-state index < -0.39 is 31.0 Å². The van der Waals surface area contributed by atoms with Crippen molar-refractivity contribution in [1.29, 1.82) is 0 Å². The molecule has 78 valence electrons. The third-order valence-electron chi connectivity index (χ3n) is 1.61. The van der Waals surface area contributed by atoms with Gasteiger partial charge in [0, 0.05) is 6.42 Å². The molecule has 0 aromatic carbocycles. The fourth-order valence-electron chi connectivity index (χ4n) is 0.801. The molecule has 0 aliphatic heterocycles. The van der Waals surface area contributed by atoms with Crippen LogP contribution in [0, 0.1) is 0 Å². The molecule has 0 fully saturated rings. The lowest BCUT2D eigenvalue weighted by Gasteiger charge is -2.20. The number of carbonyl (C=O) groups excluding carboxylic acids is 1. The van der Waals surface area contributed by atoms with Crippen molar-refractivity contribution < 1.29 is 30.3 Å². The highest BCUT2D eigenvalue weighted by Crippen LogP contribution is 2.05. The van der Waals surface area contributed by atoms with Crippen molar-refractivity contribution >= 4 is 6.29 Å². The fraction of sp³-hybridized carbons (Fsp3) is 0.857. The molecule has 0 radical (unpaired) electrons. The van der Waals surface area contributed by atoms with Gasteiger partial charge in [0.1, 0.15) is 12.2 Å². The van der Waals surface area contributed by atoms with Gasteiger partial charge in [-0.05, 0) is 0 Å². The minimum Gasteiger partial charge on any atom is -0.394 e. The summed E-state index contributed by atoms with van der Waals surface area (Å²) in [5.41, 5.74) is 0. The van der Waals surface area contributed by atoms with Crippen LogP contribution >= 0.6 is 0 Å². The number of aliphatic hydroxyl groups is 5. The van der Waals surface area contributed by atoms with Crippen molar-refractivity contribution in [3.8, 4) is 0 Å². The summed E-state index contributed by atoms with van der Waals surface area (Å²) in [4.78, 5) is 9.97. The molecule has 0 aliphatic rings. The molecule has 0 saturated carbocycles. The Bertz CT molecular complexity index is 150. The van der Waals surface area contributed by atoms with Gasteiger partial charge in [0.05, 0.1) is 18.8 Å². The first-order chi connectivity index (χ1) is 6.02. The van der Waals surface area contributed by atoms with E-state index >= 15 is 0 Å². The van der Waals surface area contributed by atoms with E-state index in [1.165, 1.54) is 0 Å². The Hall–Kier alpha value is -0.530. The fourth-order valence-corrected chi connectivity index (χ4v) is 0.801. The maximum Gasteiger partial charge on any atom is 0.151 e. The van der Waals surface area contributed by atoms with Gasteiger partial charge in [-0.3, -0.25) is 0 Å². The van der Waals surface area contributed by atoms with E-state index in [9.17, 15) is 4.79 Å². The molecule has 0 spiro atoms. The van der Waals surface area contributed by atoms with E-state index in [1.807, 2.05) is 0 Å². The first kappa shape index (κ1) is 12.5. The molecule has 0 bridgehead atoms. The number of hydrogen-bond acceptors (Lipinski definition) is 6. The highest BCUT2D eigenvalue weighted by molar-refractivity contribution is 5.56. The zero-order valence-corrected chi connectivity index (χ0v) is 6.95. The molecule has 0 amide bonds. The molecule has 0 heterocycles. The Kier molecular flexibility index (Phi) is 5.76. The second-order valence-corrected chi connectivity index (χ2v) is 2.76. The van der Waals surface area contributed by atoms with Crippen LogP contribution in [0.5, 0.6) is 0 Å². The van der Waals surface area contributed by atoms with Crippen molar-refractivity contribution in [3.63, 3.8) is 0 Å². The molecule has 0 saturated heterocycles. The minimum atomic E-state index is -1.68. The number of aldehydes is 1. The molecular formula is C7H14O6. The highest BCUT2D eigenvalue weighted by Gasteiger charge is 2.25. The monoisotopic (exact) mass is 194 g/mol. The second-order valence-electron chi connectivity index (χ2n) is 2.76. The summed E-state index contributed by atoms with van der Waals surface area (Å²) in [7, 11) is 0. The summed E-state index contributed by atoms with van der Waals surface area (Å²) in [6.07, 6.45) is -6.16. The Labute approximate surface area is 75.1 Å². The van der Waals surface area contributed by atoms with E-state index in [2.05, 4.69) is 0 Å². The molecule has 0 rings (SSSR count). The topological polar surface area (TPSA) is 118 Å². The number of carbonyl (C=O) groups is 1. The van der Waals surface area contributed by atoms with Crippen LogP contribution in [0.25, 0.3) is 0 Å². The Morgan fingerprint density at radius 3 is 2.08 bits per heavy atom. The molecule has 4 unspecified atom stereocenters. The van der Waals surface area contributed by atoms with E-state index in [0.717, 1.165) is 0 Å². The number of rotatable bonds is 6. The van der Waals surface area contributed by atoms with E-state index in [0.29, 0.717) is 0 Å². The van der Waals surface area contributed by atoms with Crippen LogP contribution in [0.2, 0.25) is 0 Å². The van der Waals surface area contributed by atoms with Crippen molar-refractivity contribution in [2.24, 2.45) is 0 Å². The summed E-state index contributed by atoms with van der Waals surface area (Å²) >= 11 is 0. The summed E-state index contributed by atoms with van der Waals surface area (Å²) in [6.45, 7) is -0.555. The normalized spacial score (nSPS) is 20.4. The molecule has 4 atom stereocenters. The van der Waals surface area contributed by atoms with Crippen LogP contribution in [-0.4, -0.2) is 62.8 Å². The molecule has 0 aromatic heterocycles. The Morgan fingerprint density at radius 1 is 1.15 bits per heavy atom. The van der Waals surface area contributed by atoms with E-state index in [-0.39, 0.29) is 12.7 Å². The van der Waals surface area contributed by atoms with Crippen molar-refractivity contribution in [1.82, 2.24) is 0 Å². The van der Waals surface area contributed by atoms with Gasteiger partial charge >= 0.3 is 0 Å². The molecule has 5 N–H and O–H groups in total. The first-order valence-corrected chi connectivity index (χ1v) is 3.81. The van der Waals surface area contributed by atoms with Crippen molar-refractivity contribution in [2.45, 2.75) is 30.8 Å². The van der Waals surface area contributed by atoms with E-state index in [1.54, 1.807) is 0 Å². The molecule has 0 aromatic rings.